The molecule has 0 saturated heterocycles. The Morgan fingerprint density at radius 2 is 1.12 bits per heavy atom. The molecular weight excluding hydrogens is 319 g/mol. The molecule has 0 spiro atoms. The molecule has 0 aromatic carbocycles. The fourth-order valence-electron chi connectivity index (χ4n) is 0.729. The van der Waals surface area contributed by atoms with Gasteiger partial charge in [-0.1, -0.05) is 0 Å². The van der Waals surface area contributed by atoms with Crippen LogP contribution in [0.1, 0.15) is 53.4 Å². The molecule has 5 heteroatoms. The normalized spacial score (nSPS) is 8.24. The Morgan fingerprint density at radius 1 is 0.882 bits per heavy atom. The van der Waals surface area contributed by atoms with E-state index in [0.717, 1.165) is 0 Å². The Bertz CT molecular complexity index is 146. The first-order valence-electron chi connectivity index (χ1n) is 6.20. The van der Waals surface area contributed by atoms with Crippen molar-refractivity contribution in [1.29, 1.82) is 10.8 Å². The fraction of sp³-hybridized carbons (Fsp3) is 0.833. The molecule has 0 amide bonds. The van der Waals surface area contributed by atoms with E-state index in [2.05, 4.69) is 13.8 Å². The van der Waals surface area contributed by atoms with Crippen LogP contribution in [-0.4, -0.2) is 32.8 Å². The maximum absolute atomic E-state index is 6.28. The summed E-state index contributed by atoms with van der Waals surface area (Å²) in [7, 11) is 0. The Balaban J connectivity index is -0.000000205. The van der Waals surface area contributed by atoms with Gasteiger partial charge in [0.2, 0.25) is 0 Å². The minimum absolute atomic E-state index is 0.149. The Labute approximate surface area is 117 Å². The molecule has 0 unspecified atom stereocenters. The second-order valence-electron chi connectivity index (χ2n) is 3.82. The minimum atomic E-state index is 0.149. The van der Waals surface area contributed by atoms with Crippen molar-refractivity contribution in [2.75, 3.05) is 0 Å². The fourth-order valence-corrected chi connectivity index (χ4v) is 4.89. The van der Waals surface area contributed by atoms with E-state index in [1.807, 2.05) is 0 Å². The summed E-state index contributed by atoms with van der Waals surface area (Å²) in [6.45, 7) is 7.64. The third kappa shape index (κ3) is 90.2. The van der Waals surface area contributed by atoms with Gasteiger partial charge in [-0.2, -0.15) is 0 Å². The van der Waals surface area contributed by atoms with E-state index in [0.29, 0.717) is 0 Å². The van der Waals surface area contributed by atoms with Crippen LogP contribution in [0.25, 0.3) is 0 Å². The molecule has 0 saturated carbocycles. The van der Waals surface area contributed by atoms with Crippen molar-refractivity contribution in [1.82, 2.24) is 0 Å². The molecule has 0 aliphatic heterocycles. The molecule has 0 aliphatic carbocycles. The molecule has 0 bridgehead atoms. The van der Waals surface area contributed by atoms with Gasteiger partial charge in [0.25, 0.3) is 0 Å². The number of nitrogens with two attached hydrogens (primary N) is 2. The zero-order valence-electron chi connectivity index (χ0n) is 11.9. The van der Waals surface area contributed by atoms with Gasteiger partial charge >= 0.3 is 69.5 Å². The van der Waals surface area contributed by atoms with Crippen LogP contribution in [-0.2, 0) is 0 Å². The number of hydrogen-bond acceptors (Lipinski definition) is 2. The van der Waals surface area contributed by atoms with E-state index < -0.39 is 0 Å². The molecular formula is C12H30N4Sn. The summed E-state index contributed by atoms with van der Waals surface area (Å²) in [6, 6.07) is 0. The molecule has 4 nitrogen and oxygen atoms in total. The topological polar surface area (TPSA) is 99.7 Å². The third-order valence-electron chi connectivity index (χ3n) is 1.41. The first-order valence-corrected chi connectivity index (χ1v) is 10.2. The summed E-state index contributed by atoms with van der Waals surface area (Å²) in [5.74, 6) is 0.333. The summed E-state index contributed by atoms with van der Waals surface area (Å²) >= 11 is 0.149. The summed E-state index contributed by atoms with van der Waals surface area (Å²) in [6.07, 6.45) is 5.84. The van der Waals surface area contributed by atoms with E-state index >= 15 is 0 Å². The molecule has 0 aromatic heterocycles. The van der Waals surface area contributed by atoms with E-state index in [-0.39, 0.29) is 32.8 Å². The first-order chi connectivity index (χ1) is 7.88. The van der Waals surface area contributed by atoms with Crippen molar-refractivity contribution in [3.05, 3.63) is 0 Å². The monoisotopic (exact) mass is 350 g/mol. The maximum atomic E-state index is 6.28. The molecule has 17 heavy (non-hydrogen) atoms. The number of hydrogen-bond donors (Lipinski definition) is 4. The van der Waals surface area contributed by atoms with Gasteiger partial charge in [-0.25, -0.2) is 0 Å². The molecule has 0 atom stereocenters. The number of nitrogens with one attached hydrogen (secondary N) is 2. The van der Waals surface area contributed by atoms with E-state index in [9.17, 15) is 0 Å². The summed E-state index contributed by atoms with van der Waals surface area (Å²) in [5, 5.41) is 12.6. The van der Waals surface area contributed by atoms with Gasteiger partial charge in [0, 0.05) is 0 Å². The zero-order chi connectivity index (χ0) is 14.1. The Kier molecular flexibility index (Phi) is 27.2. The van der Waals surface area contributed by atoms with Crippen molar-refractivity contribution in [2.24, 2.45) is 11.5 Å². The molecule has 0 fully saturated rings. The van der Waals surface area contributed by atoms with Crippen LogP contribution >= 0.6 is 0 Å². The molecule has 0 heterocycles. The summed E-state index contributed by atoms with van der Waals surface area (Å²) in [4.78, 5) is 0. The van der Waals surface area contributed by atoms with Gasteiger partial charge < -0.3 is 11.5 Å². The van der Waals surface area contributed by atoms with Gasteiger partial charge in [0.15, 0.2) is 0 Å². The molecule has 0 aromatic rings. The van der Waals surface area contributed by atoms with Crippen molar-refractivity contribution < 1.29 is 0 Å². The van der Waals surface area contributed by atoms with Crippen molar-refractivity contribution in [2.45, 2.75) is 62.3 Å². The van der Waals surface area contributed by atoms with Gasteiger partial charge in [-0.15, -0.1) is 0 Å². The Morgan fingerprint density at radius 3 is 1.29 bits per heavy atom. The summed E-state index contributed by atoms with van der Waals surface area (Å²) < 4.78 is 3.25. The van der Waals surface area contributed by atoms with Gasteiger partial charge in [0.1, 0.15) is 0 Å². The quantitative estimate of drug-likeness (QED) is 0.257. The predicted molar refractivity (Wildman–Crippen MR) is 80.4 cm³/mol. The standard InChI is InChI=1S/2C4H9.2C2H6N2.Sn/c2*1-3-4-2;2*1-2(3)4;/h2*1,3-4H2,2H3;2*1H3,(H3,3,4);. The van der Waals surface area contributed by atoms with Crippen LogP contribution in [0.3, 0.4) is 0 Å². The number of amidine groups is 2. The molecule has 6 N–H and O–H groups in total. The van der Waals surface area contributed by atoms with Crippen LogP contribution in [0.2, 0.25) is 8.87 Å². The van der Waals surface area contributed by atoms with Gasteiger partial charge in [-0.05, 0) is 13.8 Å². The summed E-state index contributed by atoms with van der Waals surface area (Å²) in [5.41, 5.74) is 9.39. The number of rotatable bonds is 6. The van der Waals surface area contributed by atoms with Crippen LogP contribution < -0.4 is 11.5 Å². The first kappa shape index (κ1) is 22.0. The molecule has 0 aliphatic rings. The van der Waals surface area contributed by atoms with Crippen LogP contribution in [0.15, 0.2) is 0 Å². The molecule has 0 rings (SSSR count). The van der Waals surface area contributed by atoms with E-state index in [1.54, 1.807) is 8.87 Å². The van der Waals surface area contributed by atoms with Gasteiger partial charge in [0.05, 0.1) is 11.7 Å². The second-order valence-corrected chi connectivity index (χ2v) is 8.10. The van der Waals surface area contributed by atoms with Crippen LogP contribution in [0.4, 0.5) is 0 Å². The molecule has 102 valence electrons. The van der Waals surface area contributed by atoms with Gasteiger partial charge in [-0.3, -0.25) is 10.8 Å². The SMILES string of the molecule is CC(=N)N.CC(=N)N.CCC[CH2][Sn][CH2]CCC. The average molecular weight is 349 g/mol. The van der Waals surface area contributed by atoms with Crippen LogP contribution in [0.5, 0.6) is 0 Å². The second kappa shape index (κ2) is 21.1. The van der Waals surface area contributed by atoms with E-state index in [4.69, 9.17) is 22.3 Å². The molecule has 2 radical (unpaired) electrons. The van der Waals surface area contributed by atoms with Crippen molar-refractivity contribution >= 4 is 32.8 Å². The van der Waals surface area contributed by atoms with Crippen molar-refractivity contribution in [3.63, 3.8) is 0 Å². The van der Waals surface area contributed by atoms with Crippen LogP contribution in [0, 0.1) is 10.8 Å². The number of unbranched alkanes of at least 4 members (excludes halogenated alkanes) is 2. The zero-order valence-corrected chi connectivity index (χ0v) is 14.8. The van der Waals surface area contributed by atoms with E-state index in [1.165, 1.54) is 39.5 Å². The van der Waals surface area contributed by atoms with Crippen molar-refractivity contribution in [3.8, 4) is 0 Å². The average Bonchev–Trinajstić information content (AvgIpc) is 2.16. The predicted octanol–water partition coefficient (Wildman–Crippen LogP) is 3.01. The Hall–Kier alpha value is -0.261. The third-order valence-corrected chi connectivity index (χ3v) is 5.45.